The number of hydrogen-bond acceptors (Lipinski definition) is 5. The highest BCUT2D eigenvalue weighted by molar-refractivity contribution is 7.98. The molecule has 11 heteroatoms. The molecule has 0 aliphatic carbocycles. The van der Waals surface area contributed by atoms with E-state index in [0.717, 1.165) is 12.3 Å². The van der Waals surface area contributed by atoms with E-state index in [9.17, 15) is 21.6 Å². The normalized spacial score (nSPS) is 12.8. The summed E-state index contributed by atoms with van der Waals surface area (Å²) in [5.41, 5.74) is 0.390. The summed E-state index contributed by atoms with van der Waals surface area (Å²) in [6, 6.07) is 6.99. The van der Waals surface area contributed by atoms with Crippen molar-refractivity contribution >= 4 is 32.8 Å². The first-order chi connectivity index (χ1) is 13.6. The number of aromatic nitrogens is 3. The number of imidazole rings is 1. The molecule has 0 saturated heterocycles. The summed E-state index contributed by atoms with van der Waals surface area (Å²) in [6.45, 7) is 4.31. The minimum atomic E-state index is -4.42. The molecule has 29 heavy (non-hydrogen) atoms. The second-order valence-electron chi connectivity index (χ2n) is 6.12. The molecule has 3 aromatic rings. The molecule has 1 N–H and O–H groups in total. The molecule has 0 fully saturated rings. The number of hydrogen-bond donors (Lipinski definition) is 1. The highest BCUT2D eigenvalue weighted by Gasteiger charge is 2.30. The first-order valence-corrected chi connectivity index (χ1v) is 11.2. The zero-order valence-electron chi connectivity index (χ0n) is 15.7. The Hall–Kier alpha value is -2.11. The predicted molar refractivity (Wildman–Crippen MR) is 105 cm³/mol. The lowest BCUT2D eigenvalue weighted by molar-refractivity contribution is -0.137. The fourth-order valence-corrected chi connectivity index (χ4v) is 4.96. The van der Waals surface area contributed by atoms with E-state index >= 15 is 0 Å². The van der Waals surface area contributed by atoms with Crippen molar-refractivity contribution in [2.24, 2.45) is 0 Å². The number of benzene rings is 1. The number of nitrogens with zero attached hydrogens (tertiary/aromatic N) is 3. The van der Waals surface area contributed by atoms with E-state index in [1.807, 2.05) is 0 Å². The van der Waals surface area contributed by atoms with Crippen LogP contribution in [0.25, 0.3) is 11.0 Å². The van der Waals surface area contributed by atoms with Gasteiger partial charge in [-0.15, -0.1) is 0 Å². The molecule has 3 rings (SSSR count). The molecule has 0 aliphatic heterocycles. The number of rotatable bonds is 7. The monoisotopic (exact) mass is 444 g/mol. The summed E-state index contributed by atoms with van der Waals surface area (Å²) in [5.74, 6) is 0.926. The van der Waals surface area contributed by atoms with E-state index in [0.29, 0.717) is 40.7 Å². The first-order valence-electron chi connectivity index (χ1n) is 8.80. The summed E-state index contributed by atoms with van der Waals surface area (Å²) in [6.07, 6.45) is -3.62. The van der Waals surface area contributed by atoms with Gasteiger partial charge < -0.3 is 4.98 Å². The van der Waals surface area contributed by atoms with E-state index in [1.165, 1.54) is 28.2 Å². The topological polar surface area (TPSA) is 79.0 Å². The summed E-state index contributed by atoms with van der Waals surface area (Å²) < 4.78 is 64.5. The predicted octanol–water partition coefficient (Wildman–Crippen LogP) is 4.30. The van der Waals surface area contributed by atoms with Crippen LogP contribution in [0.15, 0.2) is 46.5 Å². The number of H-pyrrole nitrogens is 1. The largest absolute Gasteiger partial charge is 0.417 e. The molecule has 0 spiro atoms. The van der Waals surface area contributed by atoms with Crippen LogP contribution in [0.3, 0.4) is 0 Å². The lowest BCUT2D eigenvalue weighted by Gasteiger charge is -2.18. The third-order valence-corrected chi connectivity index (χ3v) is 7.27. The fraction of sp³-hybridized carbons (Fsp3) is 0.333. The molecule has 0 radical (unpaired) electrons. The third kappa shape index (κ3) is 4.73. The molecule has 2 heterocycles. The molecule has 0 saturated carbocycles. The van der Waals surface area contributed by atoms with Gasteiger partial charge in [0, 0.05) is 19.3 Å². The number of nitrogens with one attached hydrogen (secondary N) is 1. The van der Waals surface area contributed by atoms with E-state index in [2.05, 4.69) is 15.0 Å². The standard InChI is InChI=1S/C18H19F3N4O2S2/c1-3-25(4-2)29(26,27)13-6-7-14-15(9-13)24-16(23-14)11-28-17-8-5-12(10-22-17)18(19,20)21/h5-10H,3-4,11H2,1-2H3,(H,23,24). The summed E-state index contributed by atoms with van der Waals surface area (Å²) in [7, 11) is -3.58. The summed E-state index contributed by atoms with van der Waals surface area (Å²) in [4.78, 5) is 11.5. The Labute approximate surface area is 170 Å². The molecule has 0 atom stereocenters. The van der Waals surface area contributed by atoms with Gasteiger partial charge in [-0.25, -0.2) is 18.4 Å². The van der Waals surface area contributed by atoms with Crippen LogP contribution in [0.2, 0.25) is 0 Å². The molecule has 0 bridgehead atoms. The van der Waals surface area contributed by atoms with Crippen LogP contribution in [-0.2, 0) is 22.0 Å². The lowest BCUT2D eigenvalue weighted by atomic mass is 10.3. The molecular weight excluding hydrogens is 425 g/mol. The number of thioether (sulfide) groups is 1. The summed E-state index contributed by atoms with van der Waals surface area (Å²) >= 11 is 1.23. The number of sulfonamides is 1. The van der Waals surface area contributed by atoms with Crippen LogP contribution in [0.4, 0.5) is 13.2 Å². The molecule has 0 aliphatic rings. The maximum Gasteiger partial charge on any atom is 0.417 e. The van der Waals surface area contributed by atoms with E-state index in [1.54, 1.807) is 26.0 Å². The molecule has 0 unspecified atom stereocenters. The third-order valence-electron chi connectivity index (χ3n) is 4.27. The minimum Gasteiger partial charge on any atom is -0.341 e. The van der Waals surface area contributed by atoms with Gasteiger partial charge in [0.1, 0.15) is 5.82 Å². The van der Waals surface area contributed by atoms with Crippen LogP contribution in [-0.4, -0.2) is 40.8 Å². The molecule has 6 nitrogen and oxygen atoms in total. The van der Waals surface area contributed by atoms with Gasteiger partial charge in [-0.1, -0.05) is 25.6 Å². The van der Waals surface area contributed by atoms with E-state index in [-0.39, 0.29) is 4.90 Å². The second kappa shape index (κ2) is 8.33. The van der Waals surface area contributed by atoms with Gasteiger partial charge in [0.2, 0.25) is 10.0 Å². The van der Waals surface area contributed by atoms with Gasteiger partial charge in [0.05, 0.1) is 32.3 Å². The smallest absolute Gasteiger partial charge is 0.341 e. The van der Waals surface area contributed by atoms with Crippen molar-refractivity contribution in [1.82, 2.24) is 19.3 Å². The Morgan fingerprint density at radius 2 is 1.86 bits per heavy atom. The highest BCUT2D eigenvalue weighted by Crippen LogP contribution is 2.30. The molecular formula is C18H19F3N4O2S2. The van der Waals surface area contributed by atoms with Crippen molar-refractivity contribution in [1.29, 1.82) is 0 Å². The van der Waals surface area contributed by atoms with Crippen molar-refractivity contribution in [3.8, 4) is 0 Å². The van der Waals surface area contributed by atoms with Crippen molar-refractivity contribution in [2.75, 3.05) is 13.1 Å². The Bertz CT molecular complexity index is 1090. The quantitative estimate of drug-likeness (QED) is 0.550. The van der Waals surface area contributed by atoms with Crippen LogP contribution in [0, 0.1) is 0 Å². The zero-order chi connectivity index (χ0) is 21.2. The highest BCUT2D eigenvalue weighted by atomic mass is 32.2. The van der Waals surface area contributed by atoms with Gasteiger partial charge in [-0.2, -0.15) is 17.5 Å². The van der Waals surface area contributed by atoms with E-state index in [4.69, 9.17) is 0 Å². The maximum absolute atomic E-state index is 12.7. The number of aromatic amines is 1. The fourth-order valence-electron chi connectivity index (χ4n) is 2.76. The zero-order valence-corrected chi connectivity index (χ0v) is 17.3. The van der Waals surface area contributed by atoms with Gasteiger partial charge >= 0.3 is 6.18 Å². The van der Waals surface area contributed by atoms with Crippen LogP contribution < -0.4 is 0 Å². The Kier molecular flexibility index (Phi) is 6.20. The van der Waals surface area contributed by atoms with Crippen LogP contribution >= 0.6 is 11.8 Å². The van der Waals surface area contributed by atoms with E-state index < -0.39 is 21.8 Å². The second-order valence-corrected chi connectivity index (χ2v) is 9.06. The Morgan fingerprint density at radius 3 is 2.45 bits per heavy atom. The molecule has 156 valence electrons. The van der Waals surface area contributed by atoms with Crippen LogP contribution in [0.1, 0.15) is 25.2 Å². The van der Waals surface area contributed by atoms with Crippen molar-refractivity contribution in [2.45, 2.75) is 35.7 Å². The number of alkyl halides is 3. The first kappa shape index (κ1) is 21.6. The van der Waals surface area contributed by atoms with Gasteiger partial charge in [0.15, 0.2) is 0 Å². The van der Waals surface area contributed by atoms with Crippen molar-refractivity contribution in [3.63, 3.8) is 0 Å². The lowest BCUT2D eigenvalue weighted by Crippen LogP contribution is -2.30. The Balaban J connectivity index is 1.77. The van der Waals surface area contributed by atoms with Gasteiger partial charge in [-0.05, 0) is 30.3 Å². The number of pyridine rings is 1. The average Bonchev–Trinajstić information content (AvgIpc) is 3.09. The number of fused-ring (bicyclic) bond motifs is 1. The number of halogens is 3. The average molecular weight is 445 g/mol. The molecule has 2 aromatic heterocycles. The van der Waals surface area contributed by atoms with Crippen LogP contribution in [0.5, 0.6) is 0 Å². The van der Waals surface area contributed by atoms with Crippen molar-refractivity contribution in [3.05, 3.63) is 47.9 Å². The van der Waals surface area contributed by atoms with Gasteiger partial charge in [-0.3, -0.25) is 0 Å². The summed E-state index contributed by atoms with van der Waals surface area (Å²) in [5, 5.41) is 0.434. The van der Waals surface area contributed by atoms with Crippen molar-refractivity contribution < 1.29 is 21.6 Å². The SMILES string of the molecule is CCN(CC)S(=O)(=O)c1ccc2nc(CSc3ccc(C(F)(F)F)cn3)[nH]c2c1. The molecule has 0 amide bonds. The maximum atomic E-state index is 12.7. The Morgan fingerprint density at radius 1 is 1.14 bits per heavy atom. The molecule has 1 aromatic carbocycles. The van der Waals surface area contributed by atoms with Gasteiger partial charge in [0.25, 0.3) is 0 Å². The minimum absolute atomic E-state index is 0.181.